The van der Waals surface area contributed by atoms with E-state index in [0.29, 0.717) is 17.6 Å². The summed E-state index contributed by atoms with van der Waals surface area (Å²) in [7, 11) is 1.31. The number of anilines is 1. The molecule has 2 heterocycles. The maximum atomic E-state index is 12.9. The molecule has 0 bridgehead atoms. The molecular formula is C24H24Cl2N4O4. The predicted molar refractivity (Wildman–Crippen MR) is 127 cm³/mol. The minimum atomic E-state index is -0.803. The number of carbonyl (C=O) groups excluding carboxylic acids is 3. The van der Waals surface area contributed by atoms with Gasteiger partial charge in [0.2, 0.25) is 5.91 Å². The fraction of sp³-hybridized carbons (Fsp3) is 0.417. The van der Waals surface area contributed by atoms with Gasteiger partial charge in [-0.3, -0.25) is 14.6 Å². The van der Waals surface area contributed by atoms with Gasteiger partial charge in [-0.1, -0.05) is 35.3 Å². The Labute approximate surface area is 206 Å². The Hall–Kier alpha value is -2.68. The molecule has 34 heavy (non-hydrogen) atoms. The predicted octanol–water partition coefficient (Wildman–Crippen LogP) is 2.98. The van der Waals surface area contributed by atoms with E-state index in [0.717, 1.165) is 18.4 Å². The monoisotopic (exact) mass is 502 g/mol. The fourth-order valence-corrected chi connectivity index (χ4v) is 6.08. The first-order valence-corrected chi connectivity index (χ1v) is 11.9. The lowest BCUT2D eigenvalue weighted by atomic mass is 9.79. The van der Waals surface area contributed by atoms with Crippen LogP contribution >= 0.6 is 23.2 Å². The van der Waals surface area contributed by atoms with Gasteiger partial charge in [-0.25, -0.2) is 4.79 Å². The highest BCUT2D eigenvalue weighted by molar-refractivity contribution is 6.40. The number of benzene rings is 1. The molecule has 3 N–H and O–H groups in total. The second-order valence-corrected chi connectivity index (χ2v) is 9.98. The maximum absolute atomic E-state index is 12.9. The molecule has 2 amide bonds. The molecular weight excluding hydrogens is 479 g/mol. The van der Waals surface area contributed by atoms with Crippen molar-refractivity contribution in [2.24, 2.45) is 11.3 Å². The van der Waals surface area contributed by atoms with Gasteiger partial charge in [0, 0.05) is 36.0 Å². The average molecular weight is 503 g/mol. The Morgan fingerprint density at radius 2 is 1.88 bits per heavy atom. The van der Waals surface area contributed by atoms with Crippen molar-refractivity contribution in [2.45, 2.75) is 43.8 Å². The van der Waals surface area contributed by atoms with Crippen LogP contribution in [0.2, 0.25) is 10.0 Å². The van der Waals surface area contributed by atoms with Gasteiger partial charge in [0.15, 0.2) is 0 Å². The molecule has 3 fully saturated rings. The van der Waals surface area contributed by atoms with Crippen LogP contribution in [-0.4, -0.2) is 48.0 Å². The molecule has 2 aromatic rings. The molecule has 3 aliphatic rings. The lowest BCUT2D eigenvalue weighted by Gasteiger charge is -2.44. The van der Waals surface area contributed by atoms with Gasteiger partial charge < -0.3 is 20.7 Å². The highest BCUT2D eigenvalue weighted by Crippen LogP contribution is 2.69. The van der Waals surface area contributed by atoms with E-state index in [9.17, 15) is 14.4 Å². The fourth-order valence-electron chi connectivity index (χ4n) is 5.55. The van der Waals surface area contributed by atoms with Crippen LogP contribution in [0.1, 0.15) is 35.2 Å². The van der Waals surface area contributed by atoms with Gasteiger partial charge in [-0.2, -0.15) is 0 Å². The molecule has 2 aliphatic carbocycles. The molecule has 2 saturated carbocycles. The molecule has 1 aromatic carbocycles. The number of nitrogens with zero attached hydrogens (tertiary/aromatic N) is 1. The van der Waals surface area contributed by atoms with Crippen LogP contribution in [0.3, 0.4) is 0 Å². The van der Waals surface area contributed by atoms with Crippen molar-refractivity contribution in [3.05, 3.63) is 57.8 Å². The van der Waals surface area contributed by atoms with Crippen LogP contribution < -0.4 is 16.0 Å². The SMILES string of the molecule is COC(=O)[C@H](Cc1ccc(NC(=O)c2c(Cl)cncc2Cl)cc1)NC(=O)[C@H]1NC2CCC3CC321. The van der Waals surface area contributed by atoms with E-state index in [4.69, 9.17) is 27.9 Å². The van der Waals surface area contributed by atoms with Crippen molar-refractivity contribution in [1.82, 2.24) is 15.6 Å². The second kappa shape index (κ2) is 8.83. The quantitative estimate of drug-likeness (QED) is 0.502. The molecule has 3 unspecified atom stereocenters. The molecule has 5 rings (SSSR count). The minimum absolute atomic E-state index is 0.102. The number of hydrogen-bond acceptors (Lipinski definition) is 6. The van der Waals surface area contributed by atoms with Crippen LogP contribution in [0.25, 0.3) is 0 Å². The van der Waals surface area contributed by atoms with Crippen LogP contribution in [0.15, 0.2) is 36.7 Å². The Morgan fingerprint density at radius 1 is 1.18 bits per heavy atom. The van der Waals surface area contributed by atoms with Crippen molar-refractivity contribution in [3.63, 3.8) is 0 Å². The van der Waals surface area contributed by atoms with Crippen LogP contribution in [0, 0.1) is 11.3 Å². The van der Waals surface area contributed by atoms with Gasteiger partial charge in [0.25, 0.3) is 5.91 Å². The Balaban J connectivity index is 1.22. The van der Waals surface area contributed by atoms with Gasteiger partial charge in [-0.05, 0) is 42.9 Å². The molecule has 1 aliphatic heterocycles. The number of carbonyl (C=O) groups is 3. The first-order chi connectivity index (χ1) is 16.3. The largest absolute Gasteiger partial charge is 0.467 e. The third kappa shape index (κ3) is 3.93. The van der Waals surface area contributed by atoms with Crippen LogP contribution in [0.5, 0.6) is 0 Å². The van der Waals surface area contributed by atoms with Gasteiger partial charge in [0.05, 0.1) is 28.8 Å². The Bertz CT molecular complexity index is 1140. The standard InChI is InChI=1S/C24H24Cl2N4O4/c1-34-23(33)17(29-22(32)20-24-9-13(24)4-7-18(24)30-20)8-12-2-5-14(6-3-12)28-21(31)19-15(25)10-27-11-16(19)26/h2-3,5-6,10-11,13,17-18,20,30H,4,7-9H2,1H3,(H,28,31)(H,29,32)/t13?,17-,18?,20+,24?/m0/s1. The lowest BCUT2D eigenvalue weighted by Crippen LogP contribution is -2.68. The number of methoxy groups -OCH3 is 1. The summed E-state index contributed by atoms with van der Waals surface area (Å²) in [5.74, 6) is -0.475. The highest BCUT2D eigenvalue weighted by Gasteiger charge is 2.74. The van der Waals surface area contributed by atoms with Gasteiger partial charge in [-0.15, -0.1) is 0 Å². The van der Waals surface area contributed by atoms with Crippen molar-refractivity contribution >= 4 is 46.7 Å². The van der Waals surface area contributed by atoms with Crippen molar-refractivity contribution in [2.75, 3.05) is 12.4 Å². The molecule has 8 nitrogen and oxygen atoms in total. The van der Waals surface area contributed by atoms with E-state index in [-0.39, 0.29) is 39.4 Å². The summed E-state index contributed by atoms with van der Waals surface area (Å²) in [5, 5.41) is 9.30. The maximum Gasteiger partial charge on any atom is 0.328 e. The van der Waals surface area contributed by atoms with E-state index < -0.39 is 17.9 Å². The zero-order valence-corrected chi connectivity index (χ0v) is 19.9. The molecule has 0 radical (unpaired) electrons. The van der Waals surface area contributed by atoms with Crippen molar-refractivity contribution < 1.29 is 19.1 Å². The van der Waals surface area contributed by atoms with Crippen molar-refractivity contribution in [3.8, 4) is 0 Å². The van der Waals surface area contributed by atoms with Gasteiger partial charge in [0.1, 0.15) is 6.04 Å². The molecule has 1 aromatic heterocycles. The van der Waals surface area contributed by atoms with Crippen LogP contribution in [-0.2, 0) is 20.7 Å². The number of rotatable bonds is 7. The number of nitrogens with one attached hydrogen (secondary N) is 3. The summed E-state index contributed by atoms with van der Waals surface area (Å²) in [6.07, 6.45) is 6.35. The molecule has 178 valence electrons. The second-order valence-electron chi connectivity index (χ2n) is 9.16. The highest BCUT2D eigenvalue weighted by atomic mass is 35.5. The zero-order chi connectivity index (χ0) is 24.0. The van der Waals surface area contributed by atoms with Gasteiger partial charge >= 0.3 is 5.97 Å². The number of aromatic nitrogens is 1. The molecule has 5 atom stereocenters. The summed E-state index contributed by atoms with van der Waals surface area (Å²) in [5.41, 5.74) is 1.57. The van der Waals surface area contributed by atoms with E-state index in [1.54, 1.807) is 24.3 Å². The third-order valence-corrected chi connectivity index (χ3v) is 7.93. The lowest BCUT2D eigenvalue weighted by molar-refractivity contribution is -0.146. The first-order valence-electron chi connectivity index (χ1n) is 11.2. The topological polar surface area (TPSA) is 109 Å². The summed E-state index contributed by atoms with van der Waals surface area (Å²) in [6, 6.07) is 6.36. The number of ether oxygens (including phenoxy) is 1. The van der Waals surface area contributed by atoms with E-state index >= 15 is 0 Å². The zero-order valence-electron chi connectivity index (χ0n) is 18.4. The Kier molecular flexibility index (Phi) is 6.00. The number of amides is 2. The smallest absolute Gasteiger partial charge is 0.328 e. The first kappa shape index (κ1) is 23.1. The molecule has 10 heteroatoms. The number of esters is 1. The van der Waals surface area contributed by atoms with E-state index in [1.807, 2.05) is 0 Å². The average Bonchev–Trinajstić information content (AvgIpc) is 3.50. The third-order valence-electron chi connectivity index (χ3n) is 7.35. The number of pyridine rings is 1. The minimum Gasteiger partial charge on any atom is -0.467 e. The Morgan fingerprint density at radius 3 is 2.50 bits per heavy atom. The summed E-state index contributed by atoms with van der Waals surface area (Å²) >= 11 is 12.1. The normalized spacial score (nSPS) is 27.0. The van der Waals surface area contributed by atoms with E-state index in [2.05, 4.69) is 20.9 Å². The summed E-state index contributed by atoms with van der Waals surface area (Å²) in [6.45, 7) is 0. The summed E-state index contributed by atoms with van der Waals surface area (Å²) < 4.78 is 4.93. The van der Waals surface area contributed by atoms with E-state index in [1.165, 1.54) is 25.9 Å². The number of hydrogen-bond donors (Lipinski definition) is 3. The molecule has 1 saturated heterocycles. The molecule has 1 spiro atoms. The van der Waals surface area contributed by atoms with Crippen molar-refractivity contribution in [1.29, 1.82) is 0 Å². The number of halogens is 2. The summed E-state index contributed by atoms with van der Waals surface area (Å²) in [4.78, 5) is 41.7. The van der Waals surface area contributed by atoms with Crippen LogP contribution in [0.4, 0.5) is 5.69 Å².